The van der Waals surface area contributed by atoms with Gasteiger partial charge < -0.3 is 15.5 Å². The van der Waals surface area contributed by atoms with E-state index in [1.807, 2.05) is 0 Å². The first-order valence-electron chi connectivity index (χ1n) is 5.21. The molecular formula is C13H22Mg2O5. The molecule has 0 amide bonds. The molecule has 0 spiro atoms. The quantitative estimate of drug-likeness (QED) is 0.371. The number of hydrogen-bond acceptors (Lipinski definition) is 4. The summed E-state index contributed by atoms with van der Waals surface area (Å²) < 4.78 is 4.39. The molecule has 0 atom stereocenters. The number of ether oxygens (including phenoxy) is 1. The van der Waals surface area contributed by atoms with Crippen LogP contribution in [-0.4, -0.2) is 69.1 Å². The number of carboxylic acid groups (broad SMARTS) is 1. The van der Waals surface area contributed by atoms with Crippen LogP contribution < -0.4 is 0 Å². The maximum atomic E-state index is 10.9. The van der Waals surface area contributed by atoms with Crippen LogP contribution in [0, 0.1) is 0 Å². The molecule has 0 fully saturated rings. The summed E-state index contributed by atoms with van der Waals surface area (Å²) in [6.07, 6.45) is 3.03. The smallest absolute Gasteiger partial charge is 1.00 e. The predicted octanol–water partition coefficient (Wildman–Crippen LogP) is 1.93. The summed E-state index contributed by atoms with van der Waals surface area (Å²) in [5.74, 6) is -2.27. The van der Waals surface area contributed by atoms with Crippen molar-refractivity contribution in [3.05, 3.63) is 36.5 Å². The van der Waals surface area contributed by atoms with Crippen LogP contribution in [-0.2, 0) is 19.1 Å². The summed E-state index contributed by atoms with van der Waals surface area (Å²) in [6, 6.07) is 0. The average molecular weight is 307 g/mol. The van der Waals surface area contributed by atoms with Crippen molar-refractivity contribution in [2.75, 3.05) is 0 Å². The van der Waals surface area contributed by atoms with Crippen LogP contribution in [0.2, 0.25) is 0 Å². The number of carbonyl (C=O) groups is 3. The van der Waals surface area contributed by atoms with Crippen molar-refractivity contribution >= 4 is 64.0 Å². The van der Waals surface area contributed by atoms with Gasteiger partial charge in [-0.1, -0.05) is 26.2 Å². The third-order valence-electron chi connectivity index (χ3n) is 1.56. The SMILES string of the molecule is C=C(C)C(=O)OC(=O)C(=C)CC.CC=CC(=O)O.[H-].[H-].[H-].[H-].[Mg+2].[Mg+2]. The van der Waals surface area contributed by atoms with Crippen molar-refractivity contribution < 1.29 is 29.9 Å². The molecule has 0 bridgehead atoms. The van der Waals surface area contributed by atoms with Gasteiger partial charge in [-0.25, -0.2) is 14.4 Å². The zero-order valence-electron chi connectivity index (χ0n) is 16.3. The fraction of sp³-hybridized carbons (Fsp3) is 0.308. The average Bonchev–Trinajstić information content (AvgIpc) is 2.28. The van der Waals surface area contributed by atoms with E-state index in [4.69, 9.17) is 5.11 Å². The summed E-state index contributed by atoms with van der Waals surface area (Å²) in [4.78, 5) is 31.2. The first-order valence-corrected chi connectivity index (χ1v) is 5.21. The molecule has 0 radical (unpaired) electrons. The molecule has 0 rings (SSSR count). The van der Waals surface area contributed by atoms with Gasteiger partial charge in [0.15, 0.2) is 0 Å². The number of aliphatic carboxylic acids is 1. The molecule has 0 heterocycles. The van der Waals surface area contributed by atoms with Gasteiger partial charge in [0.05, 0.1) is 0 Å². The Morgan fingerprint density at radius 3 is 1.85 bits per heavy atom. The van der Waals surface area contributed by atoms with E-state index in [0.717, 1.165) is 6.08 Å². The number of carboxylic acids is 1. The Bertz CT molecular complexity index is 402. The van der Waals surface area contributed by atoms with E-state index in [9.17, 15) is 14.4 Å². The first-order chi connectivity index (χ1) is 8.26. The van der Waals surface area contributed by atoms with E-state index in [1.165, 1.54) is 13.0 Å². The van der Waals surface area contributed by atoms with Gasteiger partial charge >= 0.3 is 64.0 Å². The molecule has 0 aromatic heterocycles. The molecule has 0 aliphatic heterocycles. The van der Waals surface area contributed by atoms with Crippen molar-refractivity contribution in [3.8, 4) is 0 Å². The Hall–Kier alpha value is -0.638. The second kappa shape index (κ2) is 16.4. The molecule has 1 N–H and O–H groups in total. The van der Waals surface area contributed by atoms with E-state index in [-0.39, 0.29) is 63.0 Å². The second-order valence-corrected chi connectivity index (χ2v) is 3.25. The zero-order chi connectivity index (χ0) is 14.7. The molecule has 108 valence electrons. The summed E-state index contributed by atoms with van der Waals surface area (Å²) >= 11 is 0. The number of carbonyl (C=O) groups excluding carboxylic acids is 2. The van der Waals surface area contributed by atoms with Gasteiger partial charge in [-0.05, 0) is 20.3 Å². The summed E-state index contributed by atoms with van der Waals surface area (Å²) in [7, 11) is 0. The minimum absolute atomic E-state index is 0. The maximum absolute atomic E-state index is 10.9. The Balaban J connectivity index is -0.0000000319. The summed E-state index contributed by atoms with van der Waals surface area (Å²) in [5, 5.41) is 7.83. The van der Waals surface area contributed by atoms with Gasteiger partial charge in [-0.2, -0.15) is 0 Å². The zero-order valence-corrected chi connectivity index (χ0v) is 15.1. The topological polar surface area (TPSA) is 80.7 Å². The second-order valence-electron chi connectivity index (χ2n) is 3.25. The van der Waals surface area contributed by atoms with Crippen LogP contribution in [0.25, 0.3) is 0 Å². The molecule has 0 unspecified atom stereocenters. The third-order valence-corrected chi connectivity index (χ3v) is 1.56. The Kier molecular flexibility index (Phi) is 22.7. The standard InChI is InChI=1S/C9H12O3.C4H6O2.2Mg.4H/c1-5-7(4)9(11)12-8(10)6(2)3;1-2-3-4(5)6;;;;;;/h2,4-5H2,1,3H3;2-3H,1H3,(H,5,6);;;;;;/q;;2*+2;4*-1. The normalized spacial score (nSPS) is 8.15. The van der Waals surface area contributed by atoms with Crippen molar-refractivity contribution in [2.24, 2.45) is 0 Å². The van der Waals surface area contributed by atoms with Crippen molar-refractivity contribution in [1.29, 1.82) is 0 Å². The molecule has 0 aliphatic carbocycles. The van der Waals surface area contributed by atoms with Crippen LogP contribution in [0.1, 0.15) is 32.9 Å². The number of rotatable bonds is 4. The molecule has 0 saturated heterocycles. The minimum Gasteiger partial charge on any atom is -1.00 e. The van der Waals surface area contributed by atoms with Crippen molar-refractivity contribution in [1.82, 2.24) is 0 Å². The molecule has 20 heavy (non-hydrogen) atoms. The molecule has 0 aliphatic rings. The predicted molar refractivity (Wildman–Crippen MR) is 83.7 cm³/mol. The number of esters is 2. The fourth-order valence-corrected chi connectivity index (χ4v) is 0.530. The van der Waals surface area contributed by atoms with Crippen molar-refractivity contribution in [3.63, 3.8) is 0 Å². The monoisotopic (exact) mass is 306 g/mol. The fourth-order valence-electron chi connectivity index (χ4n) is 0.530. The van der Waals surface area contributed by atoms with Gasteiger partial charge in [-0.3, -0.25) is 0 Å². The summed E-state index contributed by atoms with van der Waals surface area (Å²) in [6.45, 7) is 11.7. The van der Waals surface area contributed by atoms with Gasteiger partial charge in [0.2, 0.25) is 0 Å². The maximum Gasteiger partial charge on any atom is 2.00 e. The molecule has 0 aromatic carbocycles. The number of hydrogen-bond donors (Lipinski definition) is 1. The van der Waals surface area contributed by atoms with Gasteiger partial charge in [0.1, 0.15) is 0 Å². The van der Waals surface area contributed by atoms with E-state index in [2.05, 4.69) is 17.9 Å². The molecular weight excluding hydrogens is 285 g/mol. The Morgan fingerprint density at radius 1 is 1.20 bits per heavy atom. The summed E-state index contributed by atoms with van der Waals surface area (Å²) in [5.41, 5.74) is 0.483. The van der Waals surface area contributed by atoms with E-state index in [0.29, 0.717) is 6.42 Å². The molecule has 0 saturated carbocycles. The molecule has 7 heteroatoms. The van der Waals surface area contributed by atoms with Gasteiger partial charge in [-0.15, -0.1) is 0 Å². The Morgan fingerprint density at radius 2 is 1.65 bits per heavy atom. The molecule has 5 nitrogen and oxygen atoms in total. The largest absolute Gasteiger partial charge is 2.00 e. The van der Waals surface area contributed by atoms with Crippen LogP contribution in [0.3, 0.4) is 0 Å². The van der Waals surface area contributed by atoms with E-state index in [1.54, 1.807) is 13.8 Å². The number of allylic oxidation sites excluding steroid dienone is 1. The van der Waals surface area contributed by atoms with Gasteiger partial charge in [0.25, 0.3) is 0 Å². The van der Waals surface area contributed by atoms with Crippen LogP contribution in [0.15, 0.2) is 36.5 Å². The third kappa shape index (κ3) is 17.4. The molecule has 0 aromatic rings. The van der Waals surface area contributed by atoms with E-state index < -0.39 is 17.9 Å². The van der Waals surface area contributed by atoms with Gasteiger partial charge in [0, 0.05) is 17.2 Å². The minimum atomic E-state index is -0.891. The van der Waals surface area contributed by atoms with E-state index >= 15 is 0 Å². The van der Waals surface area contributed by atoms with Crippen molar-refractivity contribution in [2.45, 2.75) is 27.2 Å². The first kappa shape index (κ1) is 27.7. The Labute approximate surface area is 157 Å². The van der Waals surface area contributed by atoms with Crippen LogP contribution in [0.4, 0.5) is 0 Å². The van der Waals surface area contributed by atoms with Crippen LogP contribution in [0.5, 0.6) is 0 Å². The van der Waals surface area contributed by atoms with Crippen LogP contribution >= 0.6 is 0 Å².